The van der Waals surface area contributed by atoms with E-state index < -0.39 is 0 Å². The van der Waals surface area contributed by atoms with Gasteiger partial charge >= 0.3 is 0 Å². The van der Waals surface area contributed by atoms with E-state index in [0.29, 0.717) is 0 Å². The van der Waals surface area contributed by atoms with Gasteiger partial charge in [0.05, 0.1) is 5.69 Å². The van der Waals surface area contributed by atoms with E-state index in [4.69, 9.17) is 4.98 Å². The van der Waals surface area contributed by atoms with Crippen LogP contribution in [0.1, 0.15) is 4.88 Å². The molecule has 0 atom stereocenters. The van der Waals surface area contributed by atoms with E-state index in [1.807, 2.05) is 71.4 Å². The van der Waals surface area contributed by atoms with Gasteiger partial charge in [0, 0.05) is 33.1 Å². The Kier molecular flexibility index (Phi) is 5.23. The largest absolute Gasteiger partial charge is 0.322 e. The lowest BCUT2D eigenvalue weighted by atomic mass is 10.1. The maximum Gasteiger partial charge on any atom is 0.248 e. The third kappa shape index (κ3) is 4.39. The van der Waals surface area contributed by atoms with Gasteiger partial charge in [-0.05, 0) is 29.7 Å². The molecule has 0 aliphatic heterocycles. The molecule has 0 fully saturated rings. The molecule has 5 heteroatoms. The second kappa shape index (κ2) is 8.12. The van der Waals surface area contributed by atoms with Crippen molar-refractivity contribution >= 4 is 40.3 Å². The molecule has 0 radical (unpaired) electrons. The van der Waals surface area contributed by atoms with Crippen molar-refractivity contribution in [2.45, 2.75) is 0 Å². The molecule has 2 aromatic heterocycles. The van der Waals surface area contributed by atoms with Crippen molar-refractivity contribution in [1.29, 1.82) is 0 Å². The number of thiazole rings is 1. The number of thiophene rings is 1. The molecule has 132 valence electrons. The SMILES string of the molecule is O=C(/C=C/c1cccs1)Nc1cccc(-c2csc(-c3ccccc3)n2)c1. The second-order valence-electron chi connectivity index (χ2n) is 5.82. The maximum atomic E-state index is 12.1. The molecule has 0 saturated carbocycles. The minimum atomic E-state index is -0.149. The highest BCUT2D eigenvalue weighted by atomic mass is 32.1. The summed E-state index contributed by atoms with van der Waals surface area (Å²) in [7, 11) is 0. The molecule has 0 bridgehead atoms. The van der Waals surface area contributed by atoms with Gasteiger partial charge in [-0.3, -0.25) is 4.79 Å². The highest BCUT2D eigenvalue weighted by molar-refractivity contribution is 7.13. The van der Waals surface area contributed by atoms with E-state index >= 15 is 0 Å². The molecule has 4 aromatic rings. The zero-order valence-corrected chi connectivity index (χ0v) is 16.0. The van der Waals surface area contributed by atoms with E-state index in [0.717, 1.165) is 32.4 Å². The van der Waals surface area contributed by atoms with Gasteiger partial charge in [0.2, 0.25) is 5.91 Å². The Morgan fingerprint density at radius 2 is 1.78 bits per heavy atom. The van der Waals surface area contributed by atoms with Crippen LogP contribution in [0.15, 0.2) is 83.6 Å². The molecule has 0 aliphatic rings. The number of nitrogens with zero attached hydrogens (tertiary/aromatic N) is 1. The van der Waals surface area contributed by atoms with Crippen LogP contribution in [0.3, 0.4) is 0 Å². The normalized spacial score (nSPS) is 11.0. The Morgan fingerprint density at radius 3 is 2.59 bits per heavy atom. The fourth-order valence-electron chi connectivity index (χ4n) is 2.60. The average molecular weight is 389 g/mol. The number of carbonyl (C=O) groups is 1. The summed E-state index contributed by atoms with van der Waals surface area (Å²) in [5.41, 5.74) is 3.75. The van der Waals surface area contributed by atoms with E-state index in [-0.39, 0.29) is 5.91 Å². The summed E-state index contributed by atoms with van der Waals surface area (Å²) in [6.07, 6.45) is 3.37. The molecule has 2 aromatic carbocycles. The number of rotatable bonds is 5. The summed E-state index contributed by atoms with van der Waals surface area (Å²) in [5.74, 6) is -0.149. The number of nitrogens with one attached hydrogen (secondary N) is 1. The topological polar surface area (TPSA) is 42.0 Å². The number of carbonyl (C=O) groups excluding carboxylic acids is 1. The number of hydrogen-bond donors (Lipinski definition) is 1. The van der Waals surface area contributed by atoms with E-state index in [2.05, 4.69) is 17.4 Å². The minimum Gasteiger partial charge on any atom is -0.322 e. The summed E-state index contributed by atoms with van der Waals surface area (Å²) < 4.78 is 0. The predicted molar refractivity (Wildman–Crippen MR) is 115 cm³/mol. The zero-order valence-electron chi connectivity index (χ0n) is 14.3. The summed E-state index contributed by atoms with van der Waals surface area (Å²) >= 11 is 3.21. The van der Waals surface area contributed by atoms with Crippen LogP contribution >= 0.6 is 22.7 Å². The number of amides is 1. The van der Waals surface area contributed by atoms with Crippen molar-refractivity contribution in [1.82, 2.24) is 4.98 Å². The van der Waals surface area contributed by atoms with Crippen LogP contribution < -0.4 is 5.32 Å². The van der Waals surface area contributed by atoms with Gasteiger partial charge in [-0.15, -0.1) is 22.7 Å². The second-order valence-corrected chi connectivity index (χ2v) is 7.66. The van der Waals surface area contributed by atoms with Crippen molar-refractivity contribution in [2.75, 3.05) is 5.32 Å². The standard InChI is InChI=1S/C22H16N2OS2/c25-21(12-11-19-10-5-13-26-19)23-18-9-4-8-17(14-18)20-15-27-22(24-20)16-6-2-1-3-7-16/h1-15H,(H,23,25)/b12-11+. The highest BCUT2D eigenvalue weighted by Crippen LogP contribution is 2.29. The Bertz CT molecular complexity index is 1070. The first-order valence-electron chi connectivity index (χ1n) is 8.42. The molecule has 0 unspecified atom stereocenters. The summed E-state index contributed by atoms with van der Waals surface area (Å²) in [6, 6.07) is 21.8. The number of benzene rings is 2. The van der Waals surface area contributed by atoms with Crippen molar-refractivity contribution in [2.24, 2.45) is 0 Å². The molecule has 27 heavy (non-hydrogen) atoms. The van der Waals surface area contributed by atoms with Crippen LogP contribution in [0.5, 0.6) is 0 Å². The zero-order chi connectivity index (χ0) is 18.5. The molecule has 0 saturated heterocycles. The molecule has 1 N–H and O–H groups in total. The van der Waals surface area contributed by atoms with Gasteiger partial charge in [-0.2, -0.15) is 0 Å². The first kappa shape index (κ1) is 17.4. The Labute approximate surface area is 165 Å². The average Bonchev–Trinajstić information content (AvgIpc) is 3.39. The van der Waals surface area contributed by atoms with Gasteiger partial charge in [0.1, 0.15) is 5.01 Å². The monoisotopic (exact) mass is 388 g/mol. The maximum absolute atomic E-state index is 12.1. The van der Waals surface area contributed by atoms with Gasteiger partial charge in [0.15, 0.2) is 0 Å². The lowest BCUT2D eigenvalue weighted by Crippen LogP contribution is -2.07. The van der Waals surface area contributed by atoms with Crippen molar-refractivity contribution in [3.05, 3.63) is 88.4 Å². The van der Waals surface area contributed by atoms with E-state index in [1.54, 1.807) is 28.7 Å². The fourth-order valence-corrected chi connectivity index (χ4v) is 4.06. The van der Waals surface area contributed by atoms with Crippen LogP contribution in [0.25, 0.3) is 27.9 Å². The highest BCUT2D eigenvalue weighted by Gasteiger charge is 2.07. The minimum absolute atomic E-state index is 0.149. The Balaban J connectivity index is 1.49. The predicted octanol–water partition coefficient (Wildman–Crippen LogP) is 6.19. The first-order chi connectivity index (χ1) is 13.3. The van der Waals surface area contributed by atoms with Crippen molar-refractivity contribution in [3.8, 4) is 21.8 Å². The fraction of sp³-hybridized carbons (Fsp3) is 0. The third-order valence-corrected chi connectivity index (χ3v) is 5.62. The first-order valence-corrected chi connectivity index (χ1v) is 10.2. The molecule has 2 heterocycles. The lowest BCUT2D eigenvalue weighted by molar-refractivity contribution is -0.111. The van der Waals surface area contributed by atoms with Crippen LogP contribution in [0.4, 0.5) is 5.69 Å². The number of anilines is 1. The van der Waals surface area contributed by atoms with Crippen LogP contribution in [0.2, 0.25) is 0 Å². The summed E-state index contributed by atoms with van der Waals surface area (Å²) in [6.45, 7) is 0. The summed E-state index contributed by atoms with van der Waals surface area (Å²) in [5, 5.41) is 7.92. The van der Waals surface area contributed by atoms with Crippen LogP contribution in [0, 0.1) is 0 Å². The van der Waals surface area contributed by atoms with Gasteiger partial charge in [0.25, 0.3) is 0 Å². The Hall–Kier alpha value is -3.02. The quantitative estimate of drug-likeness (QED) is 0.414. The van der Waals surface area contributed by atoms with Gasteiger partial charge in [-0.1, -0.05) is 48.5 Å². The smallest absolute Gasteiger partial charge is 0.248 e. The van der Waals surface area contributed by atoms with E-state index in [9.17, 15) is 4.79 Å². The molecule has 1 amide bonds. The van der Waals surface area contributed by atoms with Crippen LogP contribution in [-0.2, 0) is 4.79 Å². The molecular weight excluding hydrogens is 372 g/mol. The third-order valence-electron chi connectivity index (χ3n) is 3.89. The van der Waals surface area contributed by atoms with Gasteiger partial charge < -0.3 is 5.32 Å². The molecular formula is C22H16N2OS2. The van der Waals surface area contributed by atoms with Crippen molar-refractivity contribution < 1.29 is 4.79 Å². The van der Waals surface area contributed by atoms with E-state index in [1.165, 1.54) is 0 Å². The van der Waals surface area contributed by atoms with Crippen LogP contribution in [-0.4, -0.2) is 10.9 Å². The molecule has 4 rings (SSSR count). The van der Waals surface area contributed by atoms with Gasteiger partial charge in [-0.25, -0.2) is 4.98 Å². The lowest BCUT2D eigenvalue weighted by Gasteiger charge is -2.04. The Morgan fingerprint density at radius 1 is 0.926 bits per heavy atom. The number of aromatic nitrogens is 1. The number of hydrogen-bond acceptors (Lipinski definition) is 4. The molecule has 0 aliphatic carbocycles. The molecule has 0 spiro atoms. The van der Waals surface area contributed by atoms with Crippen molar-refractivity contribution in [3.63, 3.8) is 0 Å². The molecule has 3 nitrogen and oxygen atoms in total. The summed E-state index contributed by atoms with van der Waals surface area (Å²) in [4.78, 5) is 17.9.